The molecule has 1 rings (SSSR count). The molecule has 0 saturated carbocycles. The van der Waals surface area contributed by atoms with E-state index in [1.807, 2.05) is 6.08 Å². The van der Waals surface area contributed by atoms with Crippen molar-refractivity contribution in [3.05, 3.63) is 36.5 Å². The van der Waals surface area contributed by atoms with Crippen molar-refractivity contribution in [2.45, 2.75) is 95.5 Å². The fraction of sp³-hybridized carbons (Fsp3) is 0.630. The van der Waals surface area contributed by atoms with Gasteiger partial charge < -0.3 is 36.6 Å². The minimum Gasteiger partial charge on any atom is -0.394 e. The van der Waals surface area contributed by atoms with E-state index < -0.39 is 60.6 Å². The van der Waals surface area contributed by atoms with Gasteiger partial charge >= 0.3 is 0 Å². The van der Waals surface area contributed by atoms with Crippen LogP contribution < -0.4 is 21.3 Å². The molecule has 5 atom stereocenters. The first-order chi connectivity index (χ1) is 18.2. The highest BCUT2D eigenvalue weighted by Crippen LogP contribution is 2.07. The van der Waals surface area contributed by atoms with Gasteiger partial charge in [-0.15, -0.1) is 0 Å². The van der Waals surface area contributed by atoms with Crippen molar-refractivity contribution in [2.75, 3.05) is 13.2 Å². The summed E-state index contributed by atoms with van der Waals surface area (Å²) in [5.74, 6) is -2.54. The van der Waals surface area contributed by atoms with Crippen molar-refractivity contribution < 1.29 is 34.5 Å². The van der Waals surface area contributed by atoms with Gasteiger partial charge in [0, 0.05) is 25.1 Å². The number of rotatable bonds is 13. The molecule has 0 aromatic rings. The molecule has 214 valence electrons. The second-order valence-corrected chi connectivity index (χ2v) is 9.40. The molecule has 1 aliphatic heterocycles. The highest BCUT2D eigenvalue weighted by molar-refractivity contribution is 5.95. The summed E-state index contributed by atoms with van der Waals surface area (Å²) >= 11 is 0. The van der Waals surface area contributed by atoms with Crippen molar-refractivity contribution in [3.63, 3.8) is 0 Å². The molecule has 0 radical (unpaired) electrons. The number of aliphatic hydroxyl groups is 3. The second kappa shape index (κ2) is 19.1. The molecule has 1 heterocycles. The molecule has 0 fully saturated rings. The van der Waals surface area contributed by atoms with E-state index in [2.05, 4.69) is 28.2 Å². The molecule has 7 N–H and O–H groups in total. The monoisotopic (exact) mass is 536 g/mol. The van der Waals surface area contributed by atoms with Crippen molar-refractivity contribution in [1.29, 1.82) is 0 Å². The summed E-state index contributed by atoms with van der Waals surface area (Å²) in [5, 5.41) is 39.9. The maximum atomic E-state index is 12.9. The number of carbonyl (C=O) groups is 4. The highest BCUT2D eigenvalue weighted by Gasteiger charge is 2.31. The van der Waals surface area contributed by atoms with Gasteiger partial charge in [0.05, 0.1) is 24.9 Å². The van der Waals surface area contributed by atoms with E-state index in [0.717, 1.165) is 25.3 Å². The molecule has 0 aromatic carbocycles. The van der Waals surface area contributed by atoms with Crippen molar-refractivity contribution in [2.24, 2.45) is 0 Å². The normalized spacial score (nSPS) is 22.7. The van der Waals surface area contributed by atoms with E-state index in [0.29, 0.717) is 0 Å². The lowest BCUT2D eigenvalue weighted by atomic mass is 10.0. The third kappa shape index (κ3) is 14.1. The molecule has 1 aliphatic rings. The molecule has 4 amide bonds. The van der Waals surface area contributed by atoms with Crippen LogP contribution in [0.4, 0.5) is 0 Å². The maximum Gasteiger partial charge on any atom is 0.245 e. The molecule has 0 aromatic heterocycles. The molecule has 0 bridgehead atoms. The summed E-state index contributed by atoms with van der Waals surface area (Å²) in [5.41, 5.74) is 0. The van der Waals surface area contributed by atoms with Gasteiger partial charge in [-0.25, -0.2) is 0 Å². The number of amides is 4. The summed E-state index contributed by atoms with van der Waals surface area (Å²) in [6.07, 6.45) is 13.4. The number of allylic oxidation sites excluding steroid dienone is 3. The van der Waals surface area contributed by atoms with E-state index in [1.54, 1.807) is 12.2 Å². The highest BCUT2D eigenvalue weighted by atomic mass is 16.3. The Balaban J connectivity index is 2.77. The fourth-order valence-corrected chi connectivity index (χ4v) is 3.74. The average molecular weight is 537 g/mol. The van der Waals surface area contributed by atoms with E-state index in [9.17, 15) is 34.5 Å². The minimum absolute atomic E-state index is 0.135. The van der Waals surface area contributed by atoms with Crippen LogP contribution in [-0.4, -0.2) is 82.4 Å². The second-order valence-electron chi connectivity index (χ2n) is 9.40. The van der Waals surface area contributed by atoms with Crippen LogP contribution in [0, 0.1) is 0 Å². The Morgan fingerprint density at radius 1 is 1.18 bits per heavy atom. The Bertz CT molecular complexity index is 841. The van der Waals surface area contributed by atoms with Gasteiger partial charge in [-0.3, -0.25) is 19.2 Å². The fourth-order valence-electron chi connectivity index (χ4n) is 3.74. The zero-order chi connectivity index (χ0) is 28.3. The van der Waals surface area contributed by atoms with Gasteiger partial charge in [-0.1, -0.05) is 56.9 Å². The Morgan fingerprint density at radius 2 is 1.92 bits per heavy atom. The van der Waals surface area contributed by atoms with Gasteiger partial charge in [0.1, 0.15) is 12.1 Å². The molecule has 11 heteroatoms. The van der Waals surface area contributed by atoms with E-state index in [1.165, 1.54) is 38.3 Å². The van der Waals surface area contributed by atoms with Crippen LogP contribution in [0.5, 0.6) is 0 Å². The first-order valence-electron chi connectivity index (χ1n) is 13.3. The van der Waals surface area contributed by atoms with Crippen LogP contribution in [0.25, 0.3) is 0 Å². The number of hydrogen-bond donors (Lipinski definition) is 7. The molecule has 11 nitrogen and oxygen atoms in total. The average Bonchev–Trinajstić information content (AvgIpc) is 2.87. The molecule has 5 unspecified atom stereocenters. The smallest absolute Gasteiger partial charge is 0.245 e. The van der Waals surface area contributed by atoms with Crippen molar-refractivity contribution >= 4 is 23.6 Å². The minimum atomic E-state index is -1.35. The lowest BCUT2D eigenvalue weighted by Crippen LogP contribution is -2.58. The van der Waals surface area contributed by atoms with Crippen LogP contribution in [0.2, 0.25) is 0 Å². The number of carbonyl (C=O) groups excluding carboxylic acids is 4. The lowest BCUT2D eigenvalue weighted by molar-refractivity contribution is -0.134. The van der Waals surface area contributed by atoms with E-state index in [4.69, 9.17) is 0 Å². The molecular weight excluding hydrogens is 492 g/mol. The Kier molecular flexibility index (Phi) is 16.6. The molecule has 38 heavy (non-hydrogen) atoms. The summed E-state index contributed by atoms with van der Waals surface area (Å²) in [4.78, 5) is 49.8. The molecular formula is C27H44N4O7. The number of unbranched alkanes of at least 4 members (excludes halogenated alkanes) is 5. The summed E-state index contributed by atoms with van der Waals surface area (Å²) in [7, 11) is 0. The zero-order valence-corrected chi connectivity index (χ0v) is 22.4. The topological polar surface area (TPSA) is 177 Å². The van der Waals surface area contributed by atoms with Crippen LogP contribution >= 0.6 is 0 Å². The molecule has 0 saturated heterocycles. The van der Waals surface area contributed by atoms with Crippen LogP contribution in [0.1, 0.15) is 65.2 Å². The van der Waals surface area contributed by atoms with Gasteiger partial charge in [0.25, 0.3) is 0 Å². The Labute approximate surface area is 224 Å². The van der Waals surface area contributed by atoms with Gasteiger partial charge in [0.15, 0.2) is 0 Å². The maximum absolute atomic E-state index is 12.9. The quantitative estimate of drug-likeness (QED) is 0.0992. The first kappa shape index (κ1) is 33.0. The van der Waals surface area contributed by atoms with E-state index >= 15 is 0 Å². The molecule has 0 spiro atoms. The first-order valence-corrected chi connectivity index (χ1v) is 13.3. The SMILES string of the molecule is CCCCCCCC=CC=CC(=O)NC(C(=O)NC1CC(O)CCNC(=O)C=CC(CO)NC1=O)C(C)O. The standard InChI is InChI=1S/C27H44N4O7/c1-3-4-5-6-7-8-9-10-11-12-24(36)31-25(19(2)33)27(38)30-22-17-21(34)15-16-28-23(35)14-13-20(18-32)29-26(22)37/h9-14,19-22,25,32-34H,3-8,15-18H2,1-2H3,(H,28,35)(H,29,37)(H,30,38)(H,31,36). The number of hydrogen-bond acceptors (Lipinski definition) is 7. The van der Waals surface area contributed by atoms with Crippen molar-refractivity contribution in [1.82, 2.24) is 21.3 Å². The predicted octanol–water partition coefficient (Wildman–Crippen LogP) is 0.114. The molecule has 0 aliphatic carbocycles. The number of aliphatic hydroxyl groups excluding tert-OH is 3. The third-order valence-corrected chi connectivity index (χ3v) is 5.95. The summed E-state index contributed by atoms with van der Waals surface area (Å²) in [6, 6.07) is -3.47. The van der Waals surface area contributed by atoms with Crippen LogP contribution in [-0.2, 0) is 19.2 Å². The van der Waals surface area contributed by atoms with Gasteiger partial charge in [-0.05, 0) is 26.2 Å². The lowest BCUT2D eigenvalue weighted by Gasteiger charge is -2.27. The summed E-state index contributed by atoms with van der Waals surface area (Å²) < 4.78 is 0. The van der Waals surface area contributed by atoms with Crippen LogP contribution in [0.15, 0.2) is 36.5 Å². The Morgan fingerprint density at radius 3 is 2.61 bits per heavy atom. The van der Waals surface area contributed by atoms with Crippen LogP contribution in [0.3, 0.4) is 0 Å². The van der Waals surface area contributed by atoms with Gasteiger partial charge in [0.2, 0.25) is 23.6 Å². The predicted molar refractivity (Wildman–Crippen MR) is 144 cm³/mol. The zero-order valence-electron chi connectivity index (χ0n) is 22.4. The number of nitrogens with one attached hydrogen (secondary N) is 4. The third-order valence-electron chi connectivity index (χ3n) is 5.95. The summed E-state index contributed by atoms with van der Waals surface area (Å²) in [6.45, 7) is 3.14. The van der Waals surface area contributed by atoms with E-state index in [-0.39, 0.29) is 19.4 Å². The van der Waals surface area contributed by atoms with Gasteiger partial charge in [-0.2, -0.15) is 0 Å². The Hall–Kier alpha value is -3.02. The van der Waals surface area contributed by atoms with Crippen molar-refractivity contribution in [3.8, 4) is 0 Å². The largest absolute Gasteiger partial charge is 0.394 e.